The van der Waals surface area contributed by atoms with E-state index in [1.165, 1.54) is 57.5 Å². The number of nitrogens with one attached hydrogen (secondary N) is 3. The van der Waals surface area contributed by atoms with Crippen molar-refractivity contribution in [2.75, 3.05) is 37.3 Å². The standard InChI is InChI=1S/C17H17ClFNO4.C15H16F3N5O4S.C8H6Cl2O3.C3H8NO5P/c1-9(2)15-16(21)20(17(22)24-15)13-8-14(11(18)7-12(13)19)23-10-5-3-4-6-10;1-9-19-12(22-14(20-9)27-2)21-13(24)23-28(25,26)11-6-4-3-5-10(11)7-8-15(16,17)18;1-13-7-5(10)3-2-4(9)6(7)8(11)12;5-3(6)1-4-2-10(7,8)9/h7-8,10H,3-6H2,1-2H3;3-6H,7-8H2,1-2H3,(H2,19,20,21,22,23,24);2-3H,1H3,(H,11,12);4H,1-2H2,(H,5,6)(H2,7,8,9). The Labute approximate surface area is 439 Å². The molecule has 1 aromatic heterocycles. The number of carbonyl (C=O) groups excluding carboxylic acids is 3. The number of aryl methyl sites for hydroxylation is 2. The Morgan fingerprint density at radius 3 is 2.09 bits per heavy atom. The first kappa shape index (κ1) is 62.9. The SMILES string of the molecule is CC(C)=C1OC(=O)N(c2cc(OC3CCCC3)c(Cl)cc2F)C1=O.COc1c(Cl)ccc(Cl)c1C(=O)O.COc1nc(C)nc(NC(=O)NS(=O)(=O)c2ccccc2CCC(F)(F)F)n1.O=C(O)CNCP(=O)(O)O. The second kappa shape index (κ2) is 27.9. The lowest BCUT2D eigenvalue weighted by molar-refractivity contribution is -0.136. The number of imide groups is 1. The Morgan fingerprint density at radius 2 is 1.56 bits per heavy atom. The summed E-state index contributed by atoms with van der Waals surface area (Å²) in [7, 11) is -5.90. The van der Waals surface area contributed by atoms with Gasteiger partial charge in [-0.3, -0.25) is 24.8 Å². The number of aliphatic carboxylic acids is 1. The number of allylic oxidation sites excluding steroid dienone is 1. The third-order valence-electron chi connectivity index (χ3n) is 9.43. The summed E-state index contributed by atoms with van der Waals surface area (Å²) in [4.78, 5) is 84.8. The van der Waals surface area contributed by atoms with Crippen molar-refractivity contribution in [3.63, 3.8) is 0 Å². The topological polar surface area (TPSA) is 332 Å². The highest BCUT2D eigenvalue weighted by molar-refractivity contribution is 7.90. The Bertz CT molecular complexity index is 2950. The van der Waals surface area contributed by atoms with Gasteiger partial charge >= 0.3 is 49.8 Å². The van der Waals surface area contributed by atoms with Crippen LogP contribution < -0.4 is 34.5 Å². The van der Waals surface area contributed by atoms with E-state index in [9.17, 15) is 54.5 Å². The average Bonchev–Trinajstić information content (AvgIpc) is 3.93. The lowest BCUT2D eigenvalue weighted by Gasteiger charge is -2.18. The predicted molar refractivity (Wildman–Crippen MR) is 260 cm³/mol. The summed E-state index contributed by atoms with van der Waals surface area (Å²) < 4.78 is 109. The van der Waals surface area contributed by atoms with Crippen LogP contribution in [0, 0.1) is 12.7 Å². The number of alkyl halides is 3. The number of carboxylic acids is 2. The van der Waals surface area contributed by atoms with E-state index in [0.717, 1.165) is 37.8 Å². The number of halogens is 7. The minimum absolute atomic E-state index is 0.00962. The lowest BCUT2D eigenvalue weighted by Crippen LogP contribution is -2.35. The van der Waals surface area contributed by atoms with Crippen molar-refractivity contribution in [3.05, 3.63) is 97.7 Å². The van der Waals surface area contributed by atoms with Gasteiger partial charge in [0.15, 0.2) is 11.5 Å². The molecule has 4 aromatic rings. The van der Waals surface area contributed by atoms with E-state index >= 15 is 0 Å². The Hall–Kier alpha value is -6.39. The molecule has 0 atom stereocenters. The van der Waals surface area contributed by atoms with Crippen LogP contribution in [0.3, 0.4) is 0 Å². The summed E-state index contributed by atoms with van der Waals surface area (Å²) in [6.07, 6.45) is -3.79. The van der Waals surface area contributed by atoms with Crippen molar-refractivity contribution in [3.8, 4) is 17.5 Å². The van der Waals surface area contributed by atoms with E-state index in [2.05, 4.69) is 25.6 Å². The van der Waals surface area contributed by atoms with Gasteiger partial charge in [-0.1, -0.05) is 53.0 Å². The summed E-state index contributed by atoms with van der Waals surface area (Å²) in [5.74, 6) is -3.60. The highest BCUT2D eigenvalue weighted by Gasteiger charge is 2.40. The normalized spacial score (nSPS) is 13.5. The second-order valence-corrected chi connectivity index (χ2v) is 20.0. The molecule has 4 amide bonds. The third-order valence-corrected chi connectivity index (χ3v) is 12.4. The van der Waals surface area contributed by atoms with Gasteiger partial charge in [0.2, 0.25) is 5.95 Å². The molecule has 75 heavy (non-hydrogen) atoms. The van der Waals surface area contributed by atoms with Gasteiger partial charge in [0.1, 0.15) is 23.0 Å². The number of benzene rings is 3. The monoisotopic (exact) mass is 1160 g/mol. The first-order chi connectivity index (χ1) is 34.9. The number of anilines is 2. The molecule has 7 N–H and O–H groups in total. The largest absolute Gasteiger partial charge is 0.494 e. The van der Waals surface area contributed by atoms with Crippen LogP contribution in [0.15, 0.2) is 64.8 Å². The zero-order chi connectivity index (χ0) is 56.6. The number of carboxylic acid groups (broad SMARTS) is 2. The number of methoxy groups -OCH3 is 2. The molecule has 32 heteroatoms. The van der Waals surface area contributed by atoms with E-state index in [-0.39, 0.29) is 73.0 Å². The molecule has 2 aliphatic rings. The molecule has 410 valence electrons. The summed E-state index contributed by atoms with van der Waals surface area (Å²) in [5.41, 5.74) is 0.126. The number of hydrogen-bond acceptors (Lipinski definition) is 16. The Morgan fingerprint density at radius 1 is 0.933 bits per heavy atom. The summed E-state index contributed by atoms with van der Waals surface area (Å²) in [6, 6.07) is 9.03. The van der Waals surface area contributed by atoms with Crippen molar-refractivity contribution in [2.24, 2.45) is 0 Å². The smallest absolute Gasteiger partial charge is 0.427 e. The molecule has 1 saturated heterocycles. The zero-order valence-corrected chi connectivity index (χ0v) is 43.8. The Kier molecular flexibility index (Phi) is 23.4. The van der Waals surface area contributed by atoms with Gasteiger partial charge in [-0.15, -0.1) is 0 Å². The van der Waals surface area contributed by atoms with Crippen LogP contribution >= 0.6 is 42.4 Å². The van der Waals surface area contributed by atoms with Crippen molar-refractivity contribution in [1.82, 2.24) is 25.0 Å². The summed E-state index contributed by atoms with van der Waals surface area (Å²) in [5, 5.41) is 21.4. The average molecular weight is 1160 g/mol. The fraction of sp³-hybridized carbons (Fsp3) is 0.349. The van der Waals surface area contributed by atoms with Gasteiger partial charge in [-0.2, -0.15) is 28.1 Å². The fourth-order valence-corrected chi connectivity index (χ4v) is 8.49. The molecule has 0 unspecified atom stereocenters. The highest BCUT2D eigenvalue weighted by Crippen LogP contribution is 2.38. The third kappa shape index (κ3) is 20.0. The summed E-state index contributed by atoms with van der Waals surface area (Å²) in [6.45, 7) is 4.33. The first-order valence-corrected chi connectivity index (χ1v) is 25.7. The molecule has 0 radical (unpaired) electrons. The highest BCUT2D eigenvalue weighted by atomic mass is 35.5. The van der Waals surface area contributed by atoms with E-state index < -0.39 is 90.2 Å². The van der Waals surface area contributed by atoms with Crippen molar-refractivity contribution < 1.29 is 93.5 Å². The van der Waals surface area contributed by atoms with Crippen LogP contribution in [-0.4, -0.2) is 113 Å². The zero-order valence-electron chi connectivity index (χ0n) is 39.8. The molecule has 1 aliphatic carbocycles. The molecule has 1 aliphatic heterocycles. The van der Waals surface area contributed by atoms with Crippen LogP contribution in [0.4, 0.5) is 38.8 Å². The molecular formula is C43H47Cl3F4N7O16PS. The quantitative estimate of drug-likeness (QED) is 0.0334. The molecule has 0 spiro atoms. The van der Waals surface area contributed by atoms with Crippen LogP contribution in [0.2, 0.25) is 15.1 Å². The number of cyclic esters (lactones) is 1. The number of carbonyl (C=O) groups is 5. The molecule has 23 nitrogen and oxygen atoms in total. The van der Waals surface area contributed by atoms with Crippen LogP contribution in [-0.2, 0) is 35.3 Å². The van der Waals surface area contributed by atoms with E-state index in [1.54, 1.807) is 18.6 Å². The number of rotatable bonds is 15. The Balaban J connectivity index is 0.000000284. The second-order valence-electron chi connectivity index (χ2n) is 15.5. The van der Waals surface area contributed by atoms with Crippen molar-refractivity contribution in [1.29, 1.82) is 0 Å². The summed E-state index contributed by atoms with van der Waals surface area (Å²) >= 11 is 17.4. The number of amides is 4. The molecule has 0 bridgehead atoms. The van der Waals surface area contributed by atoms with Crippen LogP contribution in [0.5, 0.6) is 17.5 Å². The minimum atomic E-state index is -4.45. The number of hydrogen-bond donors (Lipinski definition) is 7. The molecule has 1 saturated carbocycles. The molecule has 2 heterocycles. The van der Waals surface area contributed by atoms with E-state index in [4.69, 9.17) is 73.8 Å². The number of sulfonamides is 1. The van der Waals surface area contributed by atoms with Gasteiger partial charge in [-0.05, 0) is 88.3 Å². The predicted octanol–water partition coefficient (Wildman–Crippen LogP) is 8.27. The van der Waals surface area contributed by atoms with Crippen molar-refractivity contribution in [2.45, 2.75) is 76.5 Å². The van der Waals surface area contributed by atoms with E-state index in [1.807, 2.05) is 0 Å². The van der Waals surface area contributed by atoms with Gasteiger partial charge in [-0.25, -0.2) is 36.8 Å². The maximum absolute atomic E-state index is 14.3. The van der Waals surface area contributed by atoms with Gasteiger partial charge < -0.3 is 38.9 Å². The molecule has 3 aromatic carbocycles. The number of ether oxygens (including phenoxy) is 4. The lowest BCUT2D eigenvalue weighted by atomic mass is 10.1. The van der Waals surface area contributed by atoms with Gasteiger partial charge in [0.25, 0.3) is 10.0 Å². The van der Waals surface area contributed by atoms with Gasteiger partial charge in [0, 0.05) is 12.5 Å². The maximum atomic E-state index is 14.3. The minimum Gasteiger partial charge on any atom is -0.494 e. The van der Waals surface area contributed by atoms with Crippen molar-refractivity contribution >= 4 is 94.0 Å². The van der Waals surface area contributed by atoms with Crippen LogP contribution in [0.25, 0.3) is 0 Å². The van der Waals surface area contributed by atoms with E-state index in [0.29, 0.717) is 10.5 Å². The number of aromatic nitrogens is 3. The molecular weight excluding hydrogens is 1120 g/mol. The fourth-order valence-electron chi connectivity index (χ4n) is 6.25. The number of urea groups is 1. The van der Waals surface area contributed by atoms with Gasteiger partial charge in [0.05, 0.1) is 58.8 Å². The first-order valence-electron chi connectivity index (χ1n) is 21.2. The maximum Gasteiger partial charge on any atom is 0.427 e. The number of aromatic carboxylic acids is 1. The number of nitrogens with zero attached hydrogens (tertiary/aromatic N) is 4. The molecule has 6 rings (SSSR count). The van der Waals surface area contributed by atoms with Crippen LogP contribution in [0.1, 0.15) is 67.7 Å². The molecule has 2 fully saturated rings.